The molecule has 6 heteroatoms. The fourth-order valence-corrected chi connectivity index (χ4v) is 3.28. The molecule has 0 saturated heterocycles. The maximum atomic E-state index is 12.2. The fourth-order valence-electron chi connectivity index (χ4n) is 1.64. The molecular formula is C13H22N2O2S2. The molecule has 1 aromatic carbocycles. The highest BCUT2D eigenvalue weighted by Gasteiger charge is 2.21. The standard InChI is InChI=1S/C13H22N2O2S2/c1-11(9-10-18-4)14-12-7-5-6-8-13(12)19(16,17)15(2)3/h5-8,11,14H,9-10H2,1-4H3. The van der Waals surface area contributed by atoms with E-state index in [1.54, 1.807) is 38.0 Å². The molecule has 0 aliphatic rings. The Morgan fingerprint density at radius 1 is 1.32 bits per heavy atom. The van der Waals surface area contributed by atoms with Crippen molar-refractivity contribution >= 4 is 27.5 Å². The van der Waals surface area contributed by atoms with E-state index < -0.39 is 10.0 Å². The summed E-state index contributed by atoms with van der Waals surface area (Å²) >= 11 is 1.79. The third kappa shape index (κ3) is 4.40. The number of para-hydroxylation sites is 1. The van der Waals surface area contributed by atoms with E-state index in [1.165, 1.54) is 4.31 Å². The van der Waals surface area contributed by atoms with Gasteiger partial charge in [-0.25, -0.2) is 12.7 Å². The number of sulfonamides is 1. The van der Waals surface area contributed by atoms with Crippen molar-refractivity contribution in [1.29, 1.82) is 0 Å². The molecule has 0 aromatic heterocycles. The summed E-state index contributed by atoms with van der Waals surface area (Å²) in [6, 6.07) is 7.28. The summed E-state index contributed by atoms with van der Waals surface area (Å²) in [7, 11) is -0.318. The Labute approximate surface area is 120 Å². The monoisotopic (exact) mass is 302 g/mol. The van der Waals surface area contributed by atoms with Crippen molar-refractivity contribution in [2.45, 2.75) is 24.3 Å². The Morgan fingerprint density at radius 2 is 1.95 bits per heavy atom. The van der Waals surface area contributed by atoms with Crippen molar-refractivity contribution < 1.29 is 8.42 Å². The minimum absolute atomic E-state index is 0.242. The van der Waals surface area contributed by atoms with Crippen molar-refractivity contribution in [3.05, 3.63) is 24.3 Å². The molecule has 1 N–H and O–H groups in total. The van der Waals surface area contributed by atoms with Crippen LogP contribution in [0.1, 0.15) is 13.3 Å². The Kier molecular flexibility index (Phi) is 6.16. The highest BCUT2D eigenvalue weighted by Crippen LogP contribution is 2.24. The predicted octanol–water partition coefficient (Wildman–Crippen LogP) is 2.49. The first kappa shape index (κ1) is 16.3. The lowest BCUT2D eigenvalue weighted by Gasteiger charge is -2.19. The lowest BCUT2D eigenvalue weighted by Crippen LogP contribution is -2.25. The van der Waals surface area contributed by atoms with Gasteiger partial charge in [0.15, 0.2) is 0 Å². The van der Waals surface area contributed by atoms with Gasteiger partial charge < -0.3 is 5.32 Å². The van der Waals surface area contributed by atoms with Crippen LogP contribution in [0.15, 0.2) is 29.2 Å². The van der Waals surface area contributed by atoms with Gasteiger partial charge in [0.1, 0.15) is 4.90 Å². The molecule has 0 bridgehead atoms. The quantitative estimate of drug-likeness (QED) is 0.841. The topological polar surface area (TPSA) is 49.4 Å². The number of thioether (sulfide) groups is 1. The molecule has 4 nitrogen and oxygen atoms in total. The Balaban J connectivity index is 2.97. The van der Waals surface area contributed by atoms with E-state index in [0.717, 1.165) is 12.2 Å². The third-order valence-corrected chi connectivity index (χ3v) is 5.32. The molecule has 0 aliphatic heterocycles. The third-order valence-electron chi connectivity index (χ3n) is 2.80. The number of benzene rings is 1. The zero-order chi connectivity index (χ0) is 14.5. The van der Waals surface area contributed by atoms with Crippen LogP contribution in [0.5, 0.6) is 0 Å². The van der Waals surface area contributed by atoms with Gasteiger partial charge in [-0.05, 0) is 37.5 Å². The molecule has 0 aliphatic carbocycles. The summed E-state index contributed by atoms with van der Waals surface area (Å²) in [5.74, 6) is 1.05. The normalized spacial score (nSPS) is 13.5. The molecule has 0 spiro atoms. The van der Waals surface area contributed by atoms with E-state index in [9.17, 15) is 8.42 Å². The van der Waals surface area contributed by atoms with Crippen molar-refractivity contribution in [2.75, 3.05) is 31.4 Å². The van der Waals surface area contributed by atoms with Gasteiger partial charge in [-0.2, -0.15) is 11.8 Å². The smallest absolute Gasteiger partial charge is 0.244 e. The van der Waals surface area contributed by atoms with Gasteiger partial charge in [0, 0.05) is 20.1 Å². The Hall–Kier alpha value is -0.720. The van der Waals surface area contributed by atoms with Crippen molar-refractivity contribution in [3.63, 3.8) is 0 Å². The Morgan fingerprint density at radius 3 is 2.53 bits per heavy atom. The zero-order valence-electron chi connectivity index (χ0n) is 11.9. The van der Waals surface area contributed by atoms with Crippen molar-refractivity contribution in [1.82, 2.24) is 4.31 Å². The first-order valence-electron chi connectivity index (χ1n) is 6.16. The first-order valence-corrected chi connectivity index (χ1v) is 9.00. The fraction of sp³-hybridized carbons (Fsp3) is 0.538. The van der Waals surface area contributed by atoms with Gasteiger partial charge in [0.25, 0.3) is 0 Å². The van der Waals surface area contributed by atoms with Crippen LogP contribution >= 0.6 is 11.8 Å². The second-order valence-corrected chi connectivity index (χ2v) is 7.72. The molecule has 1 atom stereocenters. The highest BCUT2D eigenvalue weighted by molar-refractivity contribution is 7.98. The van der Waals surface area contributed by atoms with E-state index in [4.69, 9.17) is 0 Å². The SMILES string of the molecule is CSCCC(C)Nc1ccccc1S(=O)(=O)N(C)C. The van der Waals surface area contributed by atoms with Crippen LogP contribution in [0, 0.1) is 0 Å². The summed E-state index contributed by atoms with van der Waals surface area (Å²) in [5.41, 5.74) is 0.671. The summed E-state index contributed by atoms with van der Waals surface area (Å²) < 4.78 is 25.7. The Bertz CT molecular complexity index is 501. The minimum Gasteiger partial charge on any atom is -0.381 e. The van der Waals surface area contributed by atoms with E-state index >= 15 is 0 Å². The molecule has 0 radical (unpaired) electrons. The van der Waals surface area contributed by atoms with Crippen LogP contribution in [0.25, 0.3) is 0 Å². The van der Waals surface area contributed by atoms with E-state index in [-0.39, 0.29) is 6.04 Å². The average Bonchev–Trinajstić information content (AvgIpc) is 2.36. The lowest BCUT2D eigenvalue weighted by atomic mass is 10.2. The maximum Gasteiger partial charge on any atom is 0.244 e. The summed E-state index contributed by atoms with van der Waals surface area (Å²) in [4.78, 5) is 0.330. The number of hydrogen-bond acceptors (Lipinski definition) is 4. The van der Waals surface area contributed by atoms with Gasteiger partial charge in [-0.15, -0.1) is 0 Å². The second-order valence-electron chi connectivity index (χ2n) is 4.61. The van der Waals surface area contributed by atoms with Gasteiger partial charge in [-0.3, -0.25) is 0 Å². The van der Waals surface area contributed by atoms with Crippen LogP contribution in [0.4, 0.5) is 5.69 Å². The second kappa shape index (κ2) is 7.17. The molecule has 108 valence electrons. The molecule has 0 amide bonds. The molecule has 1 unspecified atom stereocenters. The molecular weight excluding hydrogens is 280 g/mol. The summed E-state index contributed by atoms with van der Waals surface area (Å²) in [6.45, 7) is 2.06. The van der Waals surface area contributed by atoms with Crippen LogP contribution < -0.4 is 5.32 Å². The van der Waals surface area contributed by atoms with Crippen LogP contribution in [0.3, 0.4) is 0 Å². The number of rotatable bonds is 7. The first-order chi connectivity index (χ1) is 8.89. The van der Waals surface area contributed by atoms with Gasteiger partial charge in [0.05, 0.1) is 5.69 Å². The summed E-state index contributed by atoms with van der Waals surface area (Å²) in [5, 5.41) is 3.29. The van der Waals surface area contributed by atoms with Crippen molar-refractivity contribution in [3.8, 4) is 0 Å². The maximum absolute atomic E-state index is 12.2. The van der Waals surface area contributed by atoms with Gasteiger partial charge in [0.2, 0.25) is 10.0 Å². The largest absolute Gasteiger partial charge is 0.381 e. The van der Waals surface area contributed by atoms with Crippen LogP contribution in [-0.4, -0.2) is 44.9 Å². The number of anilines is 1. The highest BCUT2D eigenvalue weighted by atomic mass is 32.2. The molecule has 0 fully saturated rings. The molecule has 1 rings (SSSR count). The number of nitrogens with zero attached hydrogens (tertiary/aromatic N) is 1. The number of hydrogen-bond donors (Lipinski definition) is 1. The minimum atomic E-state index is -3.41. The molecule has 0 saturated carbocycles. The van der Waals surface area contributed by atoms with E-state index in [2.05, 4.69) is 18.5 Å². The average molecular weight is 302 g/mol. The van der Waals surface area contributed by atoms with E-state index in [1.807, 2.05) is 12.1 Å². The van der Waals surface area contributed by atoms with Crippen LogP contribution in [0.2, 0.25) is 0 Å². The zero-order valence-corrected chi connectivity index (χ0v) is 13.5. The van der Waals surface area contributed by atoms with Gasteiger partial charge >= 0.3 is 0 Å². The van der Waals surface area contributed by atoms with Gasteiger partial charge in [-0.1, -0.05) is 12.1 Å². The summed E-state index contributed by atoms with van der Waals surface area (Å²) in [6.07, 6.45) is 3.06. The molecule has 19 heavy (non-hydrogen) atoms. The molecule has 0 heterocycles. The van der Waals surface area contributed by atoms with Crippen molar-refractivity contribution in [2.24, 2.45) is 0 Å². The van der Waals surface area contributed by atoms with E-state index in [0.29, 0.717) is 10.6 Å². The van der Waals surface area contributed by atoms with Crippen LogP contribution in [-0.2, 0) is 10.0 Å². The molecule has 1 aromatic rings. The number of nitrogens with one attached hydrogen (secondary N) is 1. The lowest BCUT2D eigenvalue weighted by molar-refractivity contribution is 0.521. The predicted molar refractivity (Wildman–Crippen MR) is 83.4 cm³/mol.